The number of esters is 1. The van der Waals surface area contributed by atoms with Crippen molar-refractivity contribution in [2.24, 2.45) is 0 Å². The van der Waals surface area contributed by atoms with E-state index in [1.54, 1.807) is 19.9 Å². The van der Waals surface area contributed by atoms with E-state index in [2.05, 4.69) is 0 Å². The first-order valence-electron chi connectivity index (χ1n) is 9.23. The maximum absolute atomic E-state index is 12.5. The van der Waals surface area contributed by atoms with E-state index in [0.29, 0.717) is 6.61 Å². The highest BCUT2D eigenvalue weighted by molar-refractivity contribution is 6.01. The standard InChI is InChI=1S/C21H23NO6/c1-21(2)26-12-17(28-21)16-11-15(20(24)27-16)22-14(18(25-3)19(22)23)10-9-13-7-5-4-6-8-13/h4-11,14,16-18H,12H2,1-3H3/b10-9+/t14-,16+,17+,18+/m1/s1. The van der Waals surface area contributed by atoms with Crippen molar-refractivity contribution in [1.82, 2.24) is 4.90 Å². The van der Waals surface area contributed by atoms with Gasteiger partial charge in [0, 0.05) is 7.11 Å². The van der Waals surface area contributed by atoms with E-state index < -0.39 is 30.1 Å². The molecule has 4 rings (SSSR count). The summed E-state index contributed by atoms with van der Waals surface area (Å²) in [5.74, 6) is -1.53. The van der Waals surface area contributed by atoms with Gasteiger partial charge in [-0.15, -0.1) is 0 Å². The third kappa shape index (κ3) is 3.37. The van der Waals surface area contributed by atoms with Gasteiger partial charge < -0.3 is 18.9 Å². The first-order valence-corrected chi connectivity index (χ1v) is 9.23. The molecule has 2 fully saturated rings. The normalized spacial score (nSPS) is 31.8. The lowest BCUT2D eigenvalue weighted by Crippen LogP contribution is -2.64. The van der Waals surface area contributed by atoms with Crippen LogP contribution in [0.4, 0.5) is 0 Å². The molecule has 7 nitrogen and oxygen atoms in total. The topological polar surface area (TPSA) is 74.3 Å². The second kappa shape index (κ2) is 7.16. The number of nitrogens with zero attached hydrogens (tertiary/aromatic N) is 1. The second-order valence-electron chi connectivity index (χ2n) is 7.41. The Balaban J connectivity index is 1.54. The van der Waals surface area contributed by atoms with Crippen molar-refractivity contribution in [1.29, 1.82) is 0 Å². The molecule has 1 aromatic rings. The minimum atomic E-state index is -0.720. The van der Waals surface area contributed by atoms with Crippen LogP contribution < -0.4 is 0 Å². The molecule has 148 valence electrons. The molecule has 0 radical (unpaired) electrons. The lowest BCUT2D eigenvalue weighted by molar-refractivity contribution is -0.167. The summed E-state index contributed by atoms with van der Waals surface area (Å²) in [6.07, 6.45) is 3.81. The zero-order valence-electron chi connectivity index (χ0n) is 16.0. The lowest BCUT2D eigenvalue weighted by atomic mass is 9.95. The van der Waals surface area contributed by atoms with Crippen molar-refractivity contribution in [3.63, 3.8) is 0 Å². The van der Waals surface area contributed by atoms with Crippen molar-refractivity contribution >= 4 is 18.0 Å². The fourth-order valence-electron chi connectivity index (χ4n) is 3.64. The Hall–Kier alpha value is -2.48. The van der Waals surface area contributed by atoms with Crippen LogP contribution in [-0.4, -0.2) is 60.6 Å². The molecular formula is C21H23NO6. The highest BCUT2D eigenvalue weighted by Crippen LogP contribution is 2.35. The summed E-state index contributed by atoms with van der Waals surface area (Å²) >= 11 is 0. The number of hydrogen-bond acceptors (Lipinski definition) is 6. The van der Waals surface area contributed by atoms with E-state index >= 15 is 0 Å². The van der Waals surface area contributed by atoms with Gasteiger partial charge in [-0.1, -0.05) is 42.5 Å². The predicted molar refractivity (Wildman–Crippen MR) is 99.8 cm³/mol. The molecule has 0 saturated carbocycles. The Morgan fingerprint density at radius 1 is 1.21 bits per heavy atom. The maximum Gasteiger partial charge on any atom is 0.355 e. The summed E-state index contributed by atoms with van der Waals surface area (Å²) in [6, 6.07) is 9.34. The number of ether oxygens (including phenoxy) is 4. The van der Waals surface area contributed by atoms with Crippen LogP contribution in [-0.2, 0) is 28.5 Å². The van der Waals surface area contributed by atoms with Crippen LogP contribution in [0.15, 0.2) is 48.2 Å². The second-order valence-corrected chi connectivity index (χ2v) is 7.41. The summed E-state index contributed by atoms with van der Waals surface area (Å²) in [4.78, 5) is 26.4. The molecule has 28 heavy (non-hydrogen) atoms. The lowest BCUT2D eigenvalue weighted by Gasteiger charge is -2.44. The van der Waals surface area contributed by atoms with Gasteiger partial charge in [-0.25, -0.2) is 4.79 Å². The van der Waals surface area contributed by atoms with Crippen LogP contribution in [0.3, 0.4) is 0 Å². The average molecular weight is 385 g/mol. The zero-order chi connectivity index (χ0) is 19.9. The smallest absolute Gasteiger partial charge is 0.355 e. The van der Waals surface area contributed by atoms with Gasteiger partial charge in [0.1, 0.15) is 11.8 Å². The van der Waals surface area contributed by atoms with E-state index in [-0.39, 0.29) is 17.6 Å². The Bertz CT molecular complexity index is 831. The SMILES string of the molecule is CO[C@@H]1C(=O)N(C2=C[C@@H]([C@@H]3COC(C)(C)O3)OC2=O)[C@@H]1/C=C/c1ccccc1. The van der Waals surface area contributed by atoms with Gasteiger partial charge in [0.2, 0.25) is 0 Å². The number of hydrogen-bond donors (Lipinski definition) is 0. The number of cyclic esters (lactones) is 1. The fraction of sp³-hybridized carbons (Fsp3) is 0.429. The molecule has 3 aliphatic rings. The van der Waals surface area contributed by atoms with Gasteiger partial charge in [-0.2, -0.15) is 0 Å². The minimum absolute atomic E-state index is 0.222. The van der Waals surface area contributed by atoms with E-state index in [0.717, 1.165) is 5.56 Å². The molecule has 0 aromatic heterocycles. The van der Waals surface area contributed by atoms with Gasteiger partial charge in [0.25, 0.3) is 5.91 Å². The quantitative estimate of drug-likeness (QED) is 0.569. The molecule has 0 spiro atoms. The van der Waals surface area contributed by atoms with Gasteiger partial charge in [-0.3, -0.25) is 9.69 Å². The van der Waals surface area contributed by atoms with Gasteiger partial charge in [-0.05, 0) is 25.5 Å². The Kier molecular flexibility index (Phi) is 4.82. The predicted octanol–water partition coefficient (Wildman–Crippen LogP) is 1.89. The van der Waals surface area contributed by atoms with Crippen molar-refractivity contribution in [2.75, 3.05) is 13.7 Å². The number of methoxy groups -OCH3 is 1. The number of amides is 1. The molecule has 2 saturated heterocycles. The summed E-state index contributed by atoms with van der Waals surface area (Å²) in [6.45, 7) is 3.93. The number of rotatable bonds is 5. The third-order valence-electron chi connectivity index (χ3n) is 5.06. The fourth-order valence-corrected chi connectivity index (χ4v) is 3.64. The van der Waals surface area contributed by atoms with E-state index in [1.807, 2.05) is 42.5 Å². The number of benzene rings is 1. The van der Waals surface area contributed by atoms with Crippen LogP contribution in [0.1, 0.15) is 19.4 Å². The Morgan fingerprint density at radius 2 is 1.96 bits per heavy atom. The molecule has 3 heterocycles. The number of likely N-dealkylation sites (tertiary alicyclic amines) is 1. The van der Waals surface area contributed by atoms with Crippen molar-refractivity contribution < 1.29 is 28.5 Å². The van der Waals surface area contributed by atoms with E-state index in [4.69, 9.17) is 18.9 Å². The zero-order valence-corrected chi connectivity index (χ0v) is 16.0. The third-order valence-corrected chi connectivity index (χ3v) is 5.06. The molecule has 1 aromatic carbocycles. The van der Waals surface area contributed by atoms with Crippen LogP contribution in [0, 0.1) is 0 Å². The highest BCUT2D eigenvalue weighted by Gasteiger charge is 2.52. The first kappa shape index (κ1) is 18.9. The molecule has 0 N–H and O–H groups in total. The summed E-state index contributed by atoms with van der Waals surface area (Å²) in [5.41, 5.74) is 1.22. The van der Waals surface area contributed by atoms with Crippen LogP contribution in [0.5, 0.6) is 0 Å². The van der Waals surface area contributed by atoms with Crippen molar-refractivity contribution in [3.05, 3.63) is 53.7 Å². The minimum Gasteiger partial charge on any atom is -0.450 e. The monoisotopic (exact) mass is 385 g/mol. The molecule has 3 aliphatic heterocycles. The number of carbonyl (C=O) groups is 2. The molecule has 7 heteroatoms. The van der Waals surface area contributed by atoms with Crippen LogP contribution in [0.2, 0.25) is 0 Å². The van der Waals surface area contributed by atoms with Crippen molar-refractivity contribution in [3.8, 4) is 0 Å². The van der Waals surface area contributed by atoms with Gasteiger partial charge in [0.15, 0.2) is 18.0 Å². The molecule has 1 amide bonds. The Morgan fingerprint density at radius 3 is 2.61 bits per heavy atom. The largest absolute Gasteiger partial charge is 0.450 e. The molecule has 4 atom stereocenters. The summed E-state index contributed by atoms with van der Waals surface area (Å²) in [7, 11) is 1.49. The van der Waals surface area contributed by atoms with Crippen molar-refractivity contribution in [2.45, 2.75) is 44.0 Å². The number of β-lactam (4-membered cyclic amide) rings is 1. The maximum atomic E-state index is 12.5. The van der Waals surface area contributed by atoms with E-state index in [1.165, 1.54) is 12.0 Å². The van der Waals surface area contributed by atoms with E-state index in [9.17, 15) is 9.59 Å². The Labute approximate surface area is 163 Å². The molecular weight excluding hydrogens is 362 g/mol. The molecule has 0 bridgehead atoms. The van der Waals surface area contributed by atoms with Gasteiger partial charge >= 0.3 is 5.97 Å². The number of carbonyl (C=O) groups excluding carboxylic acids is 2. The average Bonchev–Trinajstić information content (AvgIpc) is 3.22. The first-order chi connectivity index (χ1) is 13.4. The highest BCUT2D eigenvalue weighted by atomic mass is 16.8. The van der Waals surface area contributed by atoms with Gasteiger partial charge in [0.05, 0.1) is 12.6 Å². The summed E-state index contributed by atoms with van der Waals surface area (Å²) in [5, 5.41) is 0. The summed E-state index contributed by atoms with van der Waals surface area (Å²) < 4.78 is 22.1. The molecule has 0 aliphatic carbocycles. The van der Waals surface area contributed by atoms with Crippen LogP contribution >= 0.6 is 0 Å². The molecule has 0 unspecified atom stereocenters. The van der Waals surface area contributed by atoms with Crippen LogP contribution in [0.25, 0.3) is 6.08 Å².